The van der Waals surface area contributed by atoms with Crippen LogP contribution in [-0.2, 0) is 0 Å². The molecule has 0 fully saturated rings. The average molecular weight is 247 g/mol. The third-order valence-corrected chi connectivity index (χ3v) is 2.37. The number of nitrogens with zero attached hydrogens (tertiary/aromatic N) is 1. The molecule has 0 saturated carbocycles. The second-order valence-corrected chi connectivity index (χ2v) is 3.71. The van der Waals surface area contributed by atoms with E-state index >= 15 is 0 Å². The summed E-state index contributed by atoms with van der Waals surface area (Å²) < 4.78 is 10.0. The maximum Gasteiger partial charge on any atom is 0.263 e. The molecular weight excluding hydrogens is 234 g/mol. The second kappa shape index (κ2) is 4.79. The topological polar surface area (TPSA) is 90.4 Å². The lowest BCUT2D eigenvalue weighted by Gasteiger charge is -2.09. The number of ether oxygens (including phenoxy) is 1. The van der Waals surface area contributed by atoms with E-state index < -0.39 is 5.91 Å². The van der Waals surface area contributed by atoms with Crippen LogP contribution in [0.3, 0.4) is 0 Å². The molecule has 1 aromatic heterocycles. The number of nitrogen functional groups attached to an aromatic ring is 1. The molecule has 0 unspecified atom stereocenters. The number of nitrogens with one attached hydrogen (secondary N) is 1. The van der Waals surface area contributed by atoms with E-state index in [0.717, 1.165) is 0 Å². The van der Waals surface area contributed by atoms with E-state index in [1.54, 1.807) is 31.2 Å². The largest absolute Gasteiger partial charge is 0.496 e. The van der Waals surface area contributed by atoms with Crippen molar-refractivity contribution in [2.45, 2.75) is 6.92 Å². The number of amides is 1. The van der Waals surface area contributed by atoms with Gasteiger partial charge in [-0.25, -0.2) is 0 Å². The molecule has 0 bridgehead atoms. The van der Waals surface area contributed by atoms with Crippen molar-refractivity contribution >= 4 is 17.5 Å². The normalized spacial score (nSPS) is 10.1. The molecule has 0 spiro atoms. The Bertz CT molecular complexity index is 578. The zero-order valence-corrected chi connectivity index (χ0v) is 10.1. The molecule has 18 heavy (non-hydrogen) atoms. The van der Waals surface area contributed by atoms with E-state index in [4.69, 9.17) is 15.0 Å². The Hall–Kier alpha value is -2.50. The maximum absolute atomic E-state index is 12.1. The van der Waals surface area contributed by atoms with Gasteiger partial charge in [-0.15, -0.1) is 0 Å². The van der Waals surface area contributed by atoms with Gasteiger partial charge in [0.1, 0.15) is 11.3 Å². The minimum Gasteiger partial charge on any atom is -0.496 e. The molecule has 2 rings (SSSR count). The molecule has 3 N–H and O–H groups in total. The van der Waals surface area contributed by atoms with Crippen LogP contribution in [0.4, 0.5) is 11.6 Å². The average Bonchev–Trinajstić information content (AvgIpc) is 2.74. The van der Waals surface area contributed by atoms with Crippen LogP contribution in [0.15, 0.2) is 28.8 Å². The van der Waals surface area contributed by atoms with Gasteiger partial charge in [0.25, 0.3) is 5.91 Å². The van der Waals surface area contributed by atoms with E-state index in [-0.39, 0.29) is 11.4 Å². The fourth-order valence-electron chi connectivity index (χ4n) is 1.56. The van der Waals surface area contributed by atoms with Crippen molar-refractivity contribution in [1.29, 1.82) is 0 Å². The zero-order valence-electron chi connectivity index (χ0n) is 10.1. The van der Waals surface area contributed by atoms with Crippen molar-refractivity contribution in [3.05, 3.63) is 35.5 Å². The summed E-state index contributed by atoms with van der Waals surface area (Å²) in [6.07, 6.45) is 0. The van der Waals surface area contributed by atoms with Gasteiger partial charge in [-0.3, -0.25) is 10.1 Å². The Morgan fingerprint density at radius 1 is 1.50 bits per heavy atom. The number of hydrogen-bond acceptors (Lipinski definition) is 5. The number of aryl methyl sites for hydroxylation is 1. The quantitative estimate of drug-likeness (QED) is 0.807. The molecule has 0 aliphatic heterocycles. The second-order valence-electron chi connectivity index (χ2n) is 3.71. The lowest BCUT2D eigenvalue weighted by atomic mass is 10.1. The number of nitrogens with two attached hydrogens (primary N) is 1. The highest BCUT2D eigenvalue weighted by atomic mass is 16.5. The fourth-order valence-corrected chi connectivity index (χ4v) is 1.56. The van der Waals surface area contributed by atoms with Crippen molar-refractivity contribution < 1.29 is 14.1 Å². The summed E-state index contributed by atoms with van der Waals surface area (Å²) in [5.41, 5.74) is 7.06. The van der Waals surface area contributed by atoms with Gasteiger partial charge in [0, 0.05) is 11.8 Å². The van der Waals surface area contributed by atoms with Gasteiger partial charge in [0.2, 0.25) is 5.88 Å². The SMILES string of the molecule is COc1cccc(N)c1C(=O)Nc1cc(C)no1. The fraction of sp³-hybridized carbons (Fsp3) is 0.167. The van der Waals surface area contributed by atoms with Crippen LogP contribution >= 0.6 is 0 Å². The smallest absolute Gasteiger partial charge is 0.263 e. The Morgan fingerprint density at radius 3 is 2.89 bits per heavy atom. The monoisotopic (exact) mass is 247 g/mol. The number of benzene rings is 1. The van der Waals surface area contributed by atoms with Crippen LogP contribution in [-0.4, -0.2) is 18.2 Å². The summed E-state index contributed by atoms with van der Waals surface area (Å²) in [5.74, 6) is 0.271. The lowest BCUT2D eigenvalue weighted by molar-refractivity contribution is 0.102. The highest BCUT2D eigenvalue weighted by molar-refractivity contribution is 6.09. The standard InChI is InChI=1S/C12H13N3O3/c1-7-6-10(18-15-7)14-12(16)11-8(13)4-3-5-9(11)17-2/h3-6H,13H2,1-2H3,(H,14,16). The van der Waals surface area contributed by atoms with E-state index in [1.807, 2.05) is 0 Å². The molecule has 0 aliphatic rings. The minimum absolute atomic E-state index is 0.266. The minimum atomic E-state index is -0.402. The lowest BCUT2D eigenvalue weighted by Crippen LogP contribution is -2.15. The van der Waals surface area contributed by atoms with Crippen LogP contribution in [0.2, 0.25) is 0 Å². The van der Waals surface area contributed by atoms with Gasteiger partial charge >= 0.3 is 0 Å². The first kappa shape index (κ1) is 12.0. The summed E-state index contributed by atoms with van der Waals surface area (Å²) in [5, 5.41) is 6.24. The maximum atomic E-state index is 12.1. The summed E-state index contributed by atoms with van der Waals surface area (Å²) in [6.45, 7) is 1.76. The van der Waals surface area contributed by atoms with Crippen molar-refractivity contribution in [1.82, 2.24) is 5.16 Å². The highest BCUT2D eigenvalue weighted by Gasteiger charge is 2.17. The molecule has 0 radical (unpaired) electrons. The number of aromatic nitrogens is 1. The third kappa shape index (κ3) is 2.27. The van der Waals surface area contributed by atoms with Gasteiger partial charge in [-0.2, -0.15) is 0 Å². The van der Waals surface area contributed by atoms with Gasteiger partial charge < -0.3 is 15.0 Å². The van der Waals surface area contributed by atoms with Crippen LogP contribution in [0, 0.1) is 6.92 Å². The molecule has 0 atom stereocenters. The first-order valence-electron chi connectivity index (χ1n) is 5.29. The molecule has 6 nitrogen and oxygen atoms in total. The predicted octanol–water partition coefficient (Wildman–Crippen LogP) is 1.83. The van der Waals surface area contributed by atoms with E-state index in [2.05, 4.69) is 10.5 Å². The van der Waals surface area contributed by atoms with Gasteiger partial charge in [0.15, 0.2) is 0 Å². The highest BCUT2D eigenvalue weighted by Crippen LogP contribution is 2.25. The van der Waals surface area contributed by atoms with Crippen molar-refractivity contribution in [3.63, 3.8) is 0 Å². The number of hydrogen-bond donors (Lipinski definition) is 2. The van der Waals surface area contributed by atoms with Crippen LogP contribution in [0.25, 0.3) is 0 Å². The van der Waals surface area contributed by atoms with Gasteiger partial charge in [-0.05, 0) is 19.1 Å². The van der Waals surface area contributed by atoms with Crippen molar-refractivity contribution in [2.75, 3.05) is 18.2 Å². The van der Waals surface area contributed by atoms with Crippen LogP contribution in [0.1, 0.15) is 16.1 Å². The third-order valence-electron chi connectivity index (χ3n) is 2.37. The summed E-state index contributed by atoms with van der Waals surface area (Å²) >= 11 is 0. The number of rotatable bonds is 3. The van der Waals surface area contributed by atoms with E-state index in [0.29, 0.717) is 17.1 Å². The first-order valence-corrected chi connectivity index (χ1v) is 5.29. The molecule has 6 heteroatoms. The van der Waals surface area contributed by atoms with Crippen LogP contribution < -0.4 is 15.8 Å². The van der Waals surface area contributed by atoms with Crippen molar-refractivity contribution in [3.8, 4) is 5.75 Å². The molecular formula is C12H13N3O3. The number of anilines is 2. The number of methoxy groups -OCH3 is 1. The Kier molecular flexibility index (Phi) is 3.18. The summed E-state index contributed by atoms with van der Waals surface area (Å²) in [4.78, 5) is 12.1. The van der Waals surface area contributed by atoms with Gasteiger partial charge in [-0.1, -0.05) is 11.2 Å². The van der Waals surface area contributed by atoms with Gasteiger partial charge in [0.05, 0.1) is 12.8 Å². The number of carbonyl (C=O) groups is 1. The molecule has 1 aromatic carbocycles. The van der Waals surface area contributed by atoms with E-state index in [1.165, 1.54) is 7.11 Å². The molecule has 94 valence electrons. The number of carbonyl (C=O) groups excluding carboxylic acids is 1. The Labute approximate surface area is 104 Å². The molecule has 0 saturated heterocycles. The molecule has 1 heterocycles. The molecule has 2 aromatic rings. The molecule has 1 amide bonds. The predicted molar refractivity (Wildman–Crippen MR) is 66.6 cm³/mol. The van der Waals surface area contributed by atoms with Crippen LogP contribution in [0.5, 0.6) is 5.75 Å². The van der Waals surface area contributed by atoms with E-state index in [9.17, 15) is 4.79 Å². The van der Waals surface area contributed by atoms with Crippen molar-refractivity contribution in [2.24, 2.45) is 0 Å². The summed E-state index contributed by atoms with van der Waals surface area (Å²) in [7, 11) is 1.48. The Balaban J connectivity index is 2.28. The summed E-state index contributed by atoms with van der Waals surface area (Å²) in [6, 6.07) is 6.62. The zero-order chi connectivity index (χ0) is 13.1. The Morgan fingerprint density at radius 2 is 2.28 bits per heavy atom. The first-order chi connectivity index (χ1) is 8.61. The molecule has 0 aliphatic carbocycles.